The van der Waals surface area contributed by atoms with E-state index >= 15 is 0 Å². The number of nitro groups is 1. The first kappa shape index (κ1) is 15.8. The second-order valence-corrected chi connectivity index (χ2v) is 5.33. The van der Waals surface area contributed by atoms with Crippen LogP contribution in [0.5, 0.6) is 11.5 Å². The van der Waals surface area contributed by atoms with Gasteiger partial charge in [0.1, 0.15) is 17.5 Å². The normalized spacial score (nSPS) is 22.2. The average molecular weight is 312 g/mol. The van der Waals surface area contributed by atoms with Crippen LogP contribution in [0.25, 0.3) is 0 Å². The fourth-order valence-corrected chi connectivity index (χ4v) is 2.31. The molecule has 3 N–H and O–H groups in total. The molecule has 1 heterocycles. The number of ether oxygens (including phenoxy) is 3. The Balaban J connectivity index is 2.62. The summed E-state index contributed by atoms with van der Waals surface area (Å²) >= 11 is 0. The summed E-state index contributed by atoms with van der Waals surface area (Å²) in [7, 11) is 1.27. The van der Waals surface area contributed by atoms with Crippen molar-refractivity contribution in [3.05, 3.63) is 27.8 Å². The van der Waals surface area contributed by atoms with Gasteiger partial charge in [-0.05, 0) is 19.9 Å². The molecule has 0 fully saturated rings. The van der Waals surface area contributed by atoms with E-state index in [-0.39, 0.29) is 22.7 Å². The highest BCUT2D eigenvalue weighted by atomic mass is 16.6. The van der Waals surface area contributed by atoms with Crippen molar-refractivity contribution in [2.75, 3.05) is 7.11 Å². The van der Waals surface area contributed by atoms with Crippen LogP contribution in [-0.4, -0.2) is 34.9 Å². The second kappa shape index (κ2) is 5.34. The zero-order valence-corrected chi connectivity index (χ0v) is 12.2. The van der Waals surface area contributed by atoms with E-state index < -0.39 is 28.8 Å². The number of primary amides is 1. The Bertz CT molecular complexity index is 629. The molecule has 0 saturated heterocycles. The summed E-state index contributed by atoms with van der Waals surface area (Å²) in [6.07, 6.45) is -3.41. The number of aliphatic hydroxyl groups excluding tert-OH is 1. The van der Waals surface area contributed by atoms with E-state index in [1.165, 1.54) is 19.2 Å². The van der Waals surface area contributed by atoms with Gasteiger partial charge in [-0.25, -0.2) is 4.79 Å². The van der Waals surface area contributed by atoms with E-state index in [9.17, 15) is 20.0 Å². The van der Waals surface area contributed by atoms with Gasteiger partial charge in [0, 0.05) is 5.56 Å². The summed E-state index contributed by atoms with van der Waals surface area (Å²) in [6, 6.07) is 2.46. The average Bonchev–Trinajstić information content (AvgIpc) is 2.42. The maximum absolute atomic E-state index is 11.1. The Morgan fingerprint density at radius 3 is 2.64 bits per heavy atom. The van der Waals surface area contributed by atoms with Crippen LogP contribution in [0.1, 0.15) is 25.5 Å². The van der Waals surface area contributed by atoms with Crippen LogP contribution in [0.4, 0.5) is 10.5 Å². The van der Waals surface area contributed by atoms with Crippen molar-refractivity contribution in [1.29, 1.82) is 0 Å². The zero-order valence-electron chi connectivity index (χ0n) is 12.2. The molecular weight excluding hydrogens is 296 g/mol. The SMILES string of the molecule is COc1cc2c(cc1[N+](=O)[O-])OC(C)(C)C(O)[C@H]2OC(N)=O. The number of hydrogen-bond donors (Lipinski definition) is 2. The highest BCUT2D eigenvalue weighted by molar-refractivity contribution is 5.66. The monoisotopic (exact) mass is 312 g/mol. The summed E-state index contributed by atoms with van der Waals surface area (Å²) < 4.78 is 15.5. The molecule has 9 heteroatoms. The molecule has 2 rings (SSSR count). The van der Waals surface area contributed by atoms with Crippen molar-refractivity contribution in [1.82, 2.24) is 0 Å². The van der Waals surface area contributed by atoms with E-state index in [2.05, 4.69) is 0 Å². The number of benzene rings is 1. The molecular formula is C13H16N2O7. The molecule has 0 saturated carbocycles. The summed E-state index contributed by atoms with van der Waals surface area (Å²) in [5.74, 6) is 0.0753. The number of nitrogens with two attached hydrogens (primary N) is 1. The van der Waals surface area contributed by atoms with Crippen LogP contribution in [0.2, 0.25) is 0 Å². The number of amides is 1. The molecule has 0 aliphatic carbocycles. The summed E-state index contributed by atoms with van der Waals surface area (Å²) in [5, 5.41) is 21.4. The third kappa shape index (κ3) is 2.62. The number of hydrogen-bond acceptors (Lipinski definition) is 7. The number of carbonyl (C=O) groups excluding carboxylic acids is 1. The standard InChI is InChI=1S/C13H16N2O7/c1-13(2)11(16)10(21-12(14)17)6-4-9(20-3)7(15(18)19)5-8(6)22-13/h4-5,10-11,16H,1-3H3,(H2,14,17)/t10-,11?/m0/s1. The smallest absolute Gasteiger partial charge is 0.405 e. The van der Waals surface area contributed by atoms with E-state index in [0.29, 0.717) is 0 Å². The first-order valence-corrected chi connectivity index (χ1v) is 6.37. The molecule has 1 aromatic rings. The van der Waals surface area contributed by atoms with Gasteiger partial charge in [-0.15, -0.1) is 0 Å². The lowest BCUT2D eigenvalue weighted by Gasteiger charge is -2.41. The van der Waals surface area contributed by atoms with Gasteiger partial charge in [0.25, 0.3) is 0 Å². The molecule has 1 amide bonds. The largest absolute Gasteiger partial charge is 0.490 e. The van der Waals surface area contributed by atoms with E-state index in [1.54, 1.807) is 13.8 Å². The van der Waals surface area contributed by atoms with Crippen molar-refractivity contribution in [3.63, 3.8) is 0 Å². The minimum atomic E-state index is -1.21. The molecule has 1 aliphatic heterocycles. The maximum atomic E-state index is 11.1. The first-order chi connectivity index (χ1) is 10.2. The lowest BCUT2D eigenvalue weighted by Crippen LogP contribution is -2.50. The molecule has 0 bridgehead atoms. The third-order valence-electron chi connectivity index (χ3n) is 3.43. The highest BCUT2D eigenvalue weighted by Gasteiger charge is 2.46. The number of methoxy groups -OCH3 is 1. The Labute approximate surface area is 125 Å². The minimum absolute atomic E-state index is 0.0441. The molecule has 1 aliphatic rings. The van der Waals surface area contributed by atoms with E-state index in [0.717, 1.165) is 0 Å². The fraction of sp³-hybridized carbons (Fsp3) is 0.462. The number of rotatable bonds is 3. The van der Waals surface area contributed by atoms with Gasteiger partial charge in [-0.2, -0.15) is 0 Å². The zero-order chi connectivity index (χ0) is 16.7. The van der Waals surface area contributed by atoms with Crippen LogP contribution in [0.15, 0.2) is 12.1 Å². The molecule has 120 valence electrons. The Morgan fingerprint density at radius 1 is 1.50 bits per heavy atom. The summed E-state index contributed by atoms with van der Waals surface area (Å²) in [4.78, 5) is 21.5. The van der Waals surface area contributed by atoms with E-state index in [4.69, 9.17) is 19.9 Å². The third-order valence-corrected chi connectivity index (χ3v) is 3.43. The van der Waals surface area contributed by atoms with Crippen LogP contribution in [0, 0.1) is 10.1 Å². The van der Waals surface area contributed by atoms with Gasteiger partial charge in [-0.3, -0.25) is 10.1 Å². The predicted molar refractivity (Wildman–Crippen MR) is 73.8 cm³/mol. The predicted octanol–water partition coefficient (Wildman–Crippen LogP) is 1.27. The van der Waals surface area contributed by atoms with Crippen molar-refractivity contribution in [3.8, 4) is 11.5 Å². The Morgan fingerprint density at radius 2 is 2.14 bits per heavy atom. The number of aliphatic hydroxyl groups is 1. The van der Waals surface area contributed by atoms with Crippen molar-refractivity contribution < 1.29 is 29.0 Å². The summed E-state index contributed by atoms with van der Waals surface area (Å²) in [5.41, 5.74) is 3.84. The van der Waals surface area contributed by atoms with Gasteiger partial charge in [0.2, 0.25) is 0 Å². The van der Waals surface area contributed by atoms with Gasteiger partial charge >= 0.3 is 11.8 Å². The molecule has 0 aromatic heterocycles. The van der Waals surface area contributed by atoms with Crippen molar-refractivity contribution >= 4 is 11.8 Å². The molecule has 0 radical (unpaired) electrons. The molecule has 2 atom stereocenters. The summed E-state index contributed by atoms with van der Waals surface area (Å²) in [6.45, 7) is 3.13. The Hall–Kier alpha value is -2.55. The Kier molecular flexibility index (Phi) is 3.84. The molecule has 9 nitrogen and oxygen atoms in total. The van der Waals surface area contributed by atoms with Gasteiger partial charge in [-0.1, -0.05) is 0 Å². The number of fused-ring (bicyclic) bond motifs is 1. The van der Waals surface area contributed by atoms with E-state index in [1.807, 2.05) is 0 Å². The second-order valence-electron chi connectivity index (χ2n) is 5.33. The molecule has 0 spiro atoms. The number of nitro benzene ring substituents is 1. The van der Waals surface area contributed by atoms with Gasteiger partial charge in [0.05, 0.1) is 18.1 Å². The number of carbonyl (C=O) groups is 1. The van der Waals surface area contributed by atoms with Gasteiger partial charge in [0.15, 0.2) is 11.9 Å². The highest BCUT2D eigenvalue weighted by Crippen LogP contribution is 2.46. The lowest BCUT2D eigenvalue weighted by molar-refractivity contribution is -0.385. The first-order valence-electron chi connectivity index (χ1n) is 6.37. The van der Waals surface area contributed by atoms with Crippen LogP contribution >= 0.6 is 0 Å². The van der Waals surface area contributed by atoms with Crippen LogP contribution in [-0.2, 0) is 4.74 Å². The van der Waals surface area contributed by atoms with Gasteiger partial charge < -0.3 is 25.1 Å². The maximum Gasteiger partial charge on any atom is 0.405 e. The molecule has 1 unspecified atom stereocenters. The van der Waals surface area contributed by atoms with Crippen LogP contribution in [0.3, 0.4) is 0 Å². The van der Waals surface area contributed by atoms with Crippen molar-refractivity contribution in [2.45, 2.75) is 31.7 Å². The number of nitrogens with zero attached hydrogens (tertiary/aromatic N) is 1. The quantitative estimate of drug-likeness (QED) is 0.634. The lowest BCUT2D eigenvalue weighted by atomic mass is 9.88. The van der Waals surface area contributed by atoms with Crippen molar-refractivity contribution in [2.24, 2.45) is 5.73 Å². The van der Waals surface area contributed by atoms with Crippen LogP contribution < -0.4 is 15.2 Å². The minimum Gasteiger partial charge on any atom is -0.490 e. The topological polar surface area (TPSA) is 134 Å². The molecule has 22 heavy (non-hydrogen) atoms. The molecule has 1 aromatic carbocycles. The fourth-order valence-electron chi connectivity index (χ4n) is 2.31.